The lowest BCUT2D eigenvalue weighted by Gasteiger charge is -2.32. The quantitative estimate of drug-likeness (QED) is 0.713. The smallest absolute Gasteiger partial charge is 0.231 e. The number of aromatic nitrogens is 3. The molecular weight excluding hydrogens is 354 g/mol. The Morgan fingerprint density at radius 1 is 1.21 bits per heavy atom. The average molecular weight is 379 g/mol. The number of para-hydroxylation sites is 1. The topological polar surface area (TPSA) is 71.8 Å². The van der Waals surface area contributed by atoms with Crippen LogP contribution in [0.5, 0.6) is 5.75 Å². The van der Waals surface area contributed by atoms with Crippen molar-refractivity contribution in [3.8, 4) is 5.75 Å². The zero-order valence-corrected chi connectivity index (χ0v) is 16.0. The Hall–Kier alpha value is -3.09. The number of fused-ring (bicyclic) bond motifs is 1. The van der Waals surface area contributed by atoms with Crippen molar-refractivity contribution in [2.45, 2.75) is 26.3 Å². The minimum Gasteiger partial charge on any atom is -0.494 e. The van der Waals surface area contributed by atoms with Crippen LogP contribution in [0.25, 0.3) is 5.65 Å². The molecule has 28 heavy (non-hydrogen) atoms. The van der Waals surface area contributed by atoms with Crippen LogP contribution in [-0.4, -0.2) is 40.2 Å². The van der Waals surface area contributed by atoms with Crippen LogP contribution < -0.4 is 15.0 Å². The Balaban J connectivity index is 1.41. The van der Waals surface area contributed by atoms with Crippen molar-refractivity contribution in [3.05, 3.63) is 54.2 Å². The normalized spacial score (nSPS) is 16.9. The fraction of sp³-hybridized carbons (Fsp3) is 0.381. The molecule has 1 aromatic carbocycles. The molecule has 0 bridgehead atoms. The average Bonchev–Trinajstić information content (AvgIpc) is 3.17. The predicted octanol–water partition coefficient (Wildman–Crippen LogP) is 2.66. The summed E-state index contributed by atoms with van der Waals surface area (Å²) in [5.41, 5.74) is 1.81. The van der Waals surface area contributed by atoms with Gasteiger partial charge in [-0.2, -0.15) is 0 Å². The molecule has 4 rings (SSSR count). The minimum atomic E-state index is -0.0657. The third kappa shape index (κ3) is 3.78. The number of nitrogens with zero attached hydrogens (tertiary/aromatic N) is 4. The van der Waals surface area contributed by atoms with Crippen molar-refractivity contribution in [3.63, 3.8) is 0 Å². The molecule has 7 heteroatoms. The number of benzene rings is 1. The molecule has 1 N–H and O–H groups in total. The Kier molecular flexibility index (Phi) is 5.41. The van der Waals surface area contributed by atoms with Gasteiger partial charge in [-0.05, 0) is 38.0 Å². The van der Waals surface area contributed by atoms with Gasteiger partial charge in [0.2, 0.25) is 11.9 Å². The molecule has 3 heterocycles. The summed E-state index contributed by atoms with van der Waals surface area (Å²) >= 11 is 0. The van der Waals surface area contributed by atoms with Gasteiger partial charge in [0.1, 0.15) is 5.75 Å². The first-order valence-electron chi connectivity index (χ1n) is 9.79. The van der Waals surface area contributed by atoms with E-state index in [1.165, 1.54) is 0 Å². The van der Waals surface area contributed by atoms with Gasteiger partial charge in [0.25, 0.3) is 0 Å². The maximum Gasteiger partial charge on any atom is 0.231 e. The van der Waals surface area contributed by atoms with Gasteiger partial charge in [-0.15, -0.1) is 10.2 Å². The van der Waals surface area contributed by atoms with Gasteiger partial charge >= 0.3 is 0 Å². The number of carbonyl (C=O) groups excluding carboxylic acids is 1. The number of piperidine rings is 1. The monoisotopic (exact) mass is 379 g/mol. The first kappa shape index (κ1) is 18.3. The van der Waals surface area contributed by atoms with E-state index in [0.29, 0.717) is 19.7 Å². The number of ether oxygens (including phenoxy) is 1. The fourth-order valence-electron chi connectivity index (χ4n) is 3.69. The van der Waals surface area contributed by atoms with Crippen LogP contribution in [0.2, 0.25) is 0 Å². The van der Waals surface area contributed by atoms with Crippen LogP contribution in [0.4, 0.5) is 5.95 Å². The van der Waals surface area contributed by atoms with Crippen LogP contribution in [0.1, 0.15) is 25.3 Å². The summed E-state index contributed by atoms with van der Waals surface area (Å²) in [6.45, 7) is 4.57. The summed E-state index contributed by atoms with van der Waals surface area (Å²) in [7, 11) is 0. The molecule has 1 unspecified atom stereocenters. The van der Waals surface area contributed by atoms with Crippen LogP contribution in [-0.2, 0) is 11.3 Å². The fourth-order valence-corrected chi connectivity index (χ4v) is 3.69. The Labute approximate surface area is 164 Å². The van der Waals surface area contributed by atoms with Crippen molar-refractivity contribution in [2.24, 2.45) is 5.92 Å². The van der Waals surface area contributed by atoms with Crippen molar-refractivity contribution in [2.75, 3.05) is 24.6 Å². The number of hydrogen-bond acceptors (Lipinski definition) is 5. The highest BCUT2D eigenvalue weighted by Crippen LogP contribution is 2.23. The molecule has 1 saturated heterocycles. The molecule has 1 aliphatic rings. The number of pyridine rings is 1. The first-order chi connectivity index (χ1) is 13.8. The summed E-state index contributed by atoms with van der Waals surface area (Å²) in [6, 6.07) is 13.7. The van der Waals surface area contributed by atoms with Crippen LogP contribution >= 0.6 is 0 Å². The van der Waals surface area contributed by atoms with Crippen LogP contribution in [0, 0.1) is 5.92 Å². The van der Waals surface area contributed by atoms with Gasteiger partial charge in [-0.25, -0.2) is 0 Å². The zero-order chi connectivity index (χ0) is 19.3. The van der Waals surface area contributed by atoms with Gasteiger partial charge in [-0.1, -0.05) is 24.3 Å². The van der Waals surface area contributed by atoms with Gasteiger partial charge in [0.15, 0.2) is 5.65 Å². The van der Waals surface area contributed by atoms with Gasteiger partial charge in [0, 0.05) is 31.4 Å². The van der Waals surface area contributed by atoms with Crippen molar-refractivity contribution in [1.29, 1.82) is 0 Å². The molecule has 1 fully saturated rings. The molecule has 0 saturated carbocycles. The van der Waals surface area contributed by atoms with Gasteiger partial charge in [0.05, 0.1) is 12.5 Å². The highest BCUT2D eigenvalue weighted by Gasteiger charge is 2.28. The van der Waals surface area contributed by atoms with Gasteiger partial charge < -0.3 is 15.0 Å². The molecule has 2 aromatic heterocycles. The van der Waals surface area contributed by atoms with E-state index in [1.807, 2.05) is 60.0 Å². The standard InChI is InChI=1S/C21H25N5O2/c1-2-28-18-10-4-3-8-16(18)14-22-20(27)17-9-7-12-25(15-17)21-24-23-19-11-5-6-13-26(19)21/h3-6,8,10-11,13,17H,2,7,9,12,14-15H2,1H3,(H,22,27). The molecule has 1 amide bonds. The highest BCUT2D eigenvalue weighted by molar-refractivity contribution is 5.79. The van der Waals surface area contributed by atoms with Gasteiger partial charge in [-0.3, -0.25) is 9.20 Å². The Morgan fingerprint density at radius 2 is 2.07 bits per heavy atom. The van der Waals surface area contributed by atoms with E-state index in [4.69, 9.17) is 4.74 Å². The number of amides is 1. The lowest BCUT2D eigenvalue weighted by Crippen LogP contribution is -2.43. The van der Waals surface area contributed by atoms with E-state index >= 15 is 0 Å². The molecule has 1 atom stereocenters. The molecule has 0 spiro atoms. The van der Waals surface area contributed by atoms with Crippen molar-refractivity contribution < 1.29 is 9.53 Å². The van der Waals surface area contributed by atoms with E-state index in [0.717, 1.165) is 42.3 Å². The molecule has 1 aliphatic heterocycles. The lowest BCUT2D eigenvalue weighted by atomic mass is 9.97. The minimum absolute atomic E-state index is 0.0657. The Morgan fingerprint density at radius 3 is 2.96 bits per heavy atom. The zero-order valence-electron chi connectivity index (χ0n) is 16.0. The second kappa shape index (κ2) is 8.29. The van der Waals surface area contributed by atoms with E-state index in [2.05, 4.69) is 20.4 Å². The van der Waals surface area contributed by atoms with Crippen LogP contribution in [0.3, 0.4) is 0 Å². The Bertz CT molecular complexity index is 955. The second-order valence-corrected chi connectivity index (χ2v) is 6.97. The summed E-state index contributed by atoms with van der Waals surface area (Å²) in [4.78, 5) is 15.0. The number of carbonyl (C=O) groups is 1. The second-order valence-electron chi connectivity index (χ2n) is 6.97. The van der Waals surface area contributed by atoms with E-state index in [1.54, 1.807) is 0 Å². The molecule has 7 nitrogen and oxygen atoms in total. The largest absolute Gasteiger partial charge is 0.494 e. The number of rotatable bonds is 6. The summed E-state index contributed by atoms with van der Waals surface area (Å²) in [6.07, 6.45) is 3.79. The first-order valence-corrected chi connectivity index (χ1v) is 9.79. The SMILES string of the molecule is CCOc1ccccc1CNC(=O)C1CCCN(c2nnc3ccccn23)C1. The van der Waals surface area contributed by atoms with Crippen LogP contribution in [0.15, 0.2) is 48.7 Å². The summed E-state index contributed by atoms with van der Waals surface area (Å²) < 4.78 is 7.62. The molecule has 146 valence electrons. The number of nitrogens with one attached hydrogen (secondary N) is 1. The number of hydrogen-bond donors (Lipinski definition) is 1. The predicted molar refractivity (Wildman–Crippen MR) is 107 cm³/mol. The van der Waals surface area contributed by atoms with E-state index in [-0.39, 0.29) is 11.8 Å². The van der Waals surface area contributed by atoms with Crippen molar-refractivity contribution in [1.82, 2.24) is 19.9 Å². The third-order valence-electron chi connectivity index (χ3n) is 5.10. The maximum atomic E-state index is 12.8. The molecule has 0 radical (unpaired) electrons. The number of anilines is 1. The molecule has 3 aromatic rings. The highest BCUT2D eigenvalue weighted by atomic mass is 16.5. The summed E-state index contributed by atoms with van der Waals surface area (Å²) in [5, 5.41) is 11.6. The lowest BCUT2D eigenvalue weighted by molar-refractivity contribution is -0.125. The third-order valence-corrected chi connectivity index (χ3v) is 5.10. The molecular formula is C21H25N5O2. The van der Waals surface area contributed by atoms with E-state index < -0.39 is 0 Å². The van der Waals surface area contributed by atoms with E-state index in [9.17, 15) is 4.79 Å². The van der Waals surface area contributed by atoms with Crippen molar-refractivity contribution >= 4 is 17.5 Å². The summed E-state index contributed by atoms with van der Waals surface area (Å²) in [5.74, 6) is 1.63. The molecule has 0 aliphatic carbocycles. The maximum absolute atomic E-state index is 12.8.